The van der Waals surface area contributed by atoms with Crippen molar-refractivity contribution in [1.82, 2.24) is 0 Å². The molecule has 1 aromatic carbocycles. The first-order valence-electron chi connectivity index (χ1n) is 6.32. The van der Waals surface area contributed by atoms with Crippen LogP contribution in [0.3, 0.4) is 0 Å². The summed E-state index contributed by atoms with van der Waals surface area (Å²) in [6.45, 7) is 3.95. The van der Waals surface area contributed by atoms with Crippen LogP contribution in [0.4, 0.5) is 0 Å². The topological polar surface area (TPSA) is 57.9 Å². The van der Waals surface area contributed by atoms with E-state index >= 15 is 0 Å². The maximum absolute atomic E-state index is 11.9. The molecule has 3 nitrogen and oxygen atoms in total. The Kier molecular flexibility index (Phi) is 6.40. The fourth-order valence-corrected chi connectivity index (χ4v) is 3.66. The first kappa shape index (κ1) is 16.1. The monoisotopic (exact) mass is 297 g/mol. The molecule has 0 aliphatic carbocycles. The second-order valence-corrected chi connectivity index (χ2v) is 7.59. The summed E-state index contributed by atoms with van der Waals surface area (Å²) in [5.74, 6) is 1.40. The highest BCUT2D eigenvalue weighted by Gasteiger charge is 2.13. The van der Waals surface area contributed by atoms with E-state index in [9.17, 15) is 8.42 Å². The van der Waals surface area contributed by atoms with Crippen molar-refractivity contribution in [2.45, 2.75) is 31.6 Å². The molecule has 0 amide bonds. The molecule has 1 rings (SSSR count). The Balaban J connectivity index is 2.69. The van der Waals surface area contributed by atoms with Crippen LogP contribution < -0.4 is 0 Å². The summed E-state index contributed by atoms with van der Waals surface area (Å²) in [5.41, 5.74) is 1.11. The van der Waals surface area contributed by atoms with Gasteiger partial charge in [0, 0.05) is 5.75 Å². The number of nitrogens with zero attached hydrogens (tertiary/aromatic N) is 1. The zero-order valence-corrected chi connectivity index (χ0v) is 12.9. The van der Waals surface area contributed by atoms with Crippen molar-refractivity contribution in [3.8, 4) is 5.40 Å². The number of rotatable bonds is 7. The Morgan fingerprint density at radius 2 is 1.95 bits per heavy atom. The summed E-state index contributed by atoms with van der Waals surface area (Å²) < 4.78 is 23.7. The van der Waals surface area contributed by atoms with Gasteiger partial charge in [0.2, 0.25) is 0 Å². The summed E-state index contributed by atoms with van der Waals surface area (Å²) in [6, 6.07) is 7.11. The number of thioether (sulfide) groups is 1. The molecule has 0 saturated carbocycles. The average Bonchev–Trinajstić information content (AvgIpc) is 2.37. The molecule has 104 valence electrons. The molecule has 0 heterocycles. The zero-order chi connectivity index (χ0) is 14.3. The van der Waals surface area contributed by atoms with E-state index in [0.717, 1.165) is 17.7 Å². The number of hydrogen-bond donors (Lipinski definition) is 0. The van der Waals surface area contributed by atoms with Crippen LogP contribution in [0, 0.1) is 16.6 Å². The van der Waals surface area contributed by atoms with Gasteiger partial charge < -0.3 is 0 Å². The fraction of sp³-hybridized carbons (Fsp3) is 0.500. The lowest BCUT2D eigenvalue weighted by Crippen LogP contribution is -2.06. The van der Waals surface area contributed by atoms with Crippen molar-refractivity contribution < 1.29 is 8.42 Å². The third-order valence-corrected chi connectivity index (χ3v) is 5.57. The van der Waals surface area contributed by atoms with E-state index in [1.54, 1.807) is 12.1 Å². The molecule has 0 aliphatic rings. The second-order valence-electron chi connectivity index (χ2n) is 4.67. The van der Waals surface area contributed by atoms with Crippen molar-refractivity contribution in [2.75, 3.05) is 11.5 Å². The molecule has 1 aromatic rings. The Bertz CT molecular complexity index is 530. The molecule has 0 aliphatic heterocycles. The van der Waals surface area contributed by atoms with Gasteiger partial charge in [-0.25, -0.2) is 8.42 Å². The first-order chi connectivity index (χ1) is 8.99. The molecular weight excluding hydrogens is 278 g/mol. The lowest BCUT2D eigenvalue weighted by molar-refractivity contribution is 0.594. The van der Waals surface area contributed by atoms with Gasteiger partial charge in [-0.2, -0.15) is 5.26 Å². The minimum Gasteiger partial charge on any atom is -0.224 e. The molecule has 0 spiro atoms. The maximum Gasteiger partial charge on any atom is 0.178 e. The second kappa shape index (κ2) is 7.56. The third-order valence-electron chi connectivity index (χ3n) is 2.77. The molecule has 0 bridgehead atoms. The van der Waals surface area contributed by atoms with Gasteiger partial charge in [0.15, 0.2) is 9.84 Å². The highest BCUT2D eigenvalue weighted by atomic mass is 32.2. The highest BCUT2D eigenvalue weighted by Crippen LogP contribution is 2.17. The Labute approximate surface area is 119 Å². The predicted octanol–water partition coefficient (Wildman–Crippen LogP) is 3.26. The van der Waals surface area contributed by atoms with Gasteiger partial charge >= 0.3 is 0 Å². The minimum absolute atomic E-state index is 0.196. The van der Waals surface area contributed by atoms with Crippen LogP contribution in [-0.2, 0) is 16.3 Å². The van der Waals surface area contributed by atoms with E-state index < -0.39 is 9.84 Å². The predicted molar refractivity (Wildman–Crippen MR) is 79.7 cm³/mol. The molecule has 0 fully saturated rings. The van der Waals surface area contributed by atoms with Crippen molar-refractivity contribution in [3.63, 3.8) is 0 Å². The summed E-state index contributed by atoms with van der Waals surface area (Å²) >= 11 is 1.26. The van der Waals surface area contributed by atoms with Gasteiger partial charge in [0.25, 0.3) is 0 Å². The maximum atomic E-state index is 11.9. The van der Waals surface area contributed by atoms with Crippen LogP contribution in [0.1, 0.15) is 25.8 Å². The van der Waals surface area contributed by atoms with E-state index in [1.807, 2.05) is 19.1 Å². The highest BCUT2D eigenvalue weighted by molar-refractivity contribution is 8.03. The Morgan fingerprint density at radius 1 is 1.32 bits per heavy atom. The normalized spacial score (nSPS) is 12.9. The Morgan fingerprint density at radius 3 is 2.47 bits per heavy atom. The number of nitriles is 1. The van der Waals surface area contributed by atoms with Crippen molar-refractivity contribution in [2.24, 2.45) is 5.92 Å². The molecule has 19 heavy (non-hydrogen) atoms. The standard InChI is InChI=1S/C14H19NO2S2/c1-3-8-19(16,17)14-6-4-13(5-7-14)9-12(2)10-18-11-15/h4-7,12H,3,8-10H2,1-2H3. The van der Waals surface area contributed by atoms with Gasteiger partial charge in [0.1, 0.15) is 5.40 Å². The van der Waals surface area contributed by atoms with Crippen LogP contribution in [0.2, 0.25) is 0 Å². The quantitative estimate of drug-likeness (QED) is 0.725. The average molecular weight is 297 g/mol. The van der Waals surface area contributed by atoms with Crippen LogP contribution in [0.15, 0.2) is 29.2 Å². The molecule has 0 aromatic heterocycles. The minimum atomic E-state index is -3.12. The lowest BCUT2D eigenvalue weighted by atomic mass is 10.0. The van der Waals surface area contributed by atoms with Gasteiger partial charge in [0.05, 0.1) is 10.6 Å². The van der Waals surface area contributed by atoms with Gasteiger partial charge in [-0.15, -0.1) is 0 Å². The summed E-state index contributed by atoms with van der Waals surface area (Å²) in [4.78, 5) is 0.400. The molecule has 0 radical (unpaired) electrons. The molecule has 0 N–H and O–H groups in total. The molecule has 1 atom stereocenters. The molecular formula is C14H19NO2S2. The van der Waals surface area contributed by atoms with Gasteiger partial charge in [-0.1, -0.05) is 26.0 Å². The summed E-state index contributed by atoms with van der Waals surface area (Å²) in [7, 11) is -3.12. The van der Waals surface area contributed by atoms with Crippen molar-refractivity contribution in [1.29, 1.82) is 5.26 Å². The Hall–Kier alpha value is -0.990. The van der Waals surface area contributed by atoms with E-state index in [0.29, 0.717) is 17.2 Å². The number of sulfone groups is 1. The van der Waals surface area contributed by atoms with E-state index in [-0.39, 0.29) is 5.75 Å². The van der Waals surface area contributed by atoms with E-state index in [2.05, 4.69) is 12.3 Å². The SMILES string of the molecule is CCCS(=O)(=O)c1ccc(CC(C)CSC#N)cc1. The van der Waals surface area contributed by atoms with E-state index in [1.165, 1.54) is 11.8 Å². The number of benzene rings is 1. The molecule has 5 heteroatoms. The van der Waals surface area contributed by atoms with Gasteiger partial charge in [-0.05, 0) is 48.2 Å². The van der Waals surface area contributed by atoms with Crippen LogP contribution in [0.25, 0.3) is 0 Å². The zero-order valence-electron chi connectivity index (χ0n) is 11.3. The fourth-order valence-electron chi connectivity index (χ4n) is 1.86. The van der Waals surface area contributed by atoms with E-state index in [4.69, 9.17) is 5.26 Å². The van der Waals surface area contributed by atoms with Gasteiger partial charge in [-0.3, -0.25) is 0 Å². The van der Waals surface area contributed by atoms with Crippen LogP contribution in [-0.4, -0.2) is 19.9 Å². The van der Waals surface area contributed by atoms with Crippen LogP contribution >= 0.6 is 11.8 Å². The lowest BCUT2D eigenvalue weighted by Gasteiger charge is -2.09. The number of hydrogen-bond acceptors (Lipinski definition) is 4. The summed E-state index contributed by atoms with van der Waals surface area (Å²) in [5, 5.41) is 10.6. The summed E-state index contributed by atoms with van der Waals surface area (Å²) in [6.07, 6.45) is 1.50. The van der Waals surface area contributed by atoms with Crippen molar-refractivity contribution in [3.05, 3.63) is 29.8 Å². The molecule has 1 unspecified atom stereocenters. The largest absolute Gasteiger partial charge is 0.224 e. The first-order valence-corrected chi connectivity index (χ1v) is 8.96. The molecule has 0 saturated heterocycles. The van der Waals surface area contributed by atoms with Crippen molar-refractivity contribution >= 4 is 21.6 Å². The smallest absolute Gasteiger partial charge is 0.178 e. The third kappa shape index (κ3) is 5.25. The number of thiocyanates is 1. The van der Waals surface area contributed by atoms with Crippen LogP contribution in [0.5, 0.6) is 0 Å².